The first-order valence-electron chi connectivity index (χ1n) is 9.83. The molecular weight excluding hydrogens is 404 g/mol. The van der Waals surface area contributed by atoms with Crippen molar-refractivity contribution in [3.63, 3.8) is 0 Å². The van der Waals surface area contributed by atoms with E-state index in [9.17, 15) is 14.7 Å². The summed E-state index contributed by atoms with van der Waals surface area (Å²) in [6.07, 6.45) is 0.581. The number of aryl methyl sites for hydroxylation is 2. The lowest BCUT2D eigenvalue weighted by atomic mass is 9.95. The number of methoxy groups -OCH3 is 1. The van der Waals surface area contributed by atoms with Crippen molar-refractivity contribution in [3.8, 4) is 5.75 Å². The summed E-state index contributed by atoms with van der Waals surface area (Å²) in [5.41, 5.74) is 1.38. The van der Waals surface area contributed by atoms with E-state index in [1.165, 1.54) is 16.2 Å². The lowest BCUT2D eigenvalue weighted by Crippen LogP contribution is -2.32. The van der Waals surface area contributed by atoms with Gasteiger partial charge in [0, 0.05) is 20.3 Å². The third kappa shape index (κ3) is 4.24. The number of hydrogen-bond acceptors (Lipinski definition) is 7. The minimum Gasteiger partial charge on any atom is -0.503 e. The molecule has 1 aromatic carbocycles. The first-order chi connectivity index (χ1) is 14.4. The number of aromatic nitrogens is 1. The zero-order valence-corrected chi connectivity index (χ0v) is 18.4. The molecule has 1 aromatic heterocycles. The number of ether oxygens (including phenoxy) is 2. The molecule has 1 aliphatic rings. The highest BCUT2D eigenvalue weighted by atomic mass is 32.1. The van der Waals surface area contributed by atoms with Crippen LogP contribution in [-0.4, -0.2) is 53.5 Å². The van der Waals surface area contributed by atoms with Crippen LogP contribution in [0, 0.1) is 13.8 Å². The van der Waals surface area contributed by atoms with Crippen LogP contribution in [0.5, 0.6) is 5.75 Å². The van der Waals surface area contributed by atoms with Gasteiger partial charge in [0.25, 0.3) is 5.91 Å². The van der Waals surface area contributed by atoms with Gasteiger partial charge < -0.3 is 19.5 Å². The molecule has 1 atom stereocenters. The molecule has 0 saturated carbocycles. The van der Waals surface area contributed by atoms with Crippen LogP contribution in [0.25, 0.3) is 0 Å². The zero-order chi connectivity index (χ0) is 21.8. The predicted molar refractivity (Wildman–Crippen MR) is 114 cm³/mol. The highest BCUT2D eigenvalue weighted by molar-refractivity contribution is 7.14. The van der Waals surface area contributed by atoms with Crippen LogP contribution in [0.15, 0.2) is 35.6 Å². The van der Waals surface area contributed by atoms with Crippen molar-refractivity contribution < 1.29 is 24.2 Å². The molecule has 1 aliphatic heterocycles. The number of aliphatic hydroxyl groups is 1. The Balaban J connectivity index is 2.07. The third-order valence-electron chi connectivity index (χ3n) is 4.89. The Morgan fingerprint density at radius 2 is 2.10 bits per heavy atom. The molecular formula is C22H26N2O5S. The molecule has 0 saturated heterocycles. The van der Waals surface area contributed by atoms with Crippen LogP contribution in [0.1, 0.15) is 45.3 Å². The number of hydrogen-bond donors (Lipinski definition) is 1. The summed E-state index contributed by atoms with van der Waals surface area (Å²) in [4.78, 5) is 32.6. The summed E-state index contributed by atoms with van der Waals surface area (Å²) in [5, 5.41) is 11.5. The quantitative estimate of drug-likeness (QED) is 0.481. The van der Waals surface area contributed by atoms with Crippen LogP contribution in [0.2, 0.25) is 0 Å². The van der Waals surface area contributed by atoms with Crippen molar-refractivity contribution >= 4 is 23.0 Å². The summed E-state index contributed by atoms with van der Waals surface area (Å²) in [6.45, 7) is 6.77. The molecule has 2 heterocycles. The van der Waals surface area contributed by atoms with Gasteiger partial charge >= 0.3 is 0 Å². The molecule has 160 valence electrons. The van der Waals surface area contributed by atoms with Crippen LogP contribution >= 0.6 is 11.3 Å². The Morgan fingerprint density at radius 3 is 2.73 bits per heavy atom. The first-order valence-corrected chi connectivity index (χ1v) is 10.6. The van der Waals surface area contributed by atoms with E-state index >= 15 is 0 Å². The van der Waals surface area contributed by atoms with Gasteiger partial charge in [0.05, 0.1) is 33.8 Å². The van der Waals surface area contributed by atoms with Crippen molar-refractivity contribution in [1.29, 1.82) is 0 Å². The Kier molecular flexibility index (Phi) is 6.89. The van der Waals surface area contributed by atoms with Gasteiger partial charge in [-0.3, -0.25) is 9.59 Å². The number of nitrogens with zero attached hydrogens (tertiary/aromatic N) is 2. The molecule has 2 aromatic rings. The van der Waals surface area contributed by atoms with Gasteiger partial charge in [0.15, 0.2) is 5.76 Å². The normalized spacial score (nSPS) is 16.5. The van der Waals surface area contributed by atoms with Crippen LogP contribution in [0.3, 0.4) is 0 Å². The summed E-state index contributed by atoms with van der Waals surface area (Å²) < 4.78 is 10.7. The molecule has 0 bridgehead atoms. The van der Waals surface area contributed by atoms with E-state index in [1.807, 2.05) is 32.0 Å². The number of Topliss-reactive ketones (excluding diaryl/α,β-unsaturated/α-hetero) is 1. The van der Waals surface area contributed by atoms with Gasteiger partial charge in [-0.1, -0.05) is 12.1 Å². The van der Waals surface area contributed by atoms with Crippen molar-refractivity contribution in [1.82, 2.24) is 9.88 Å². The molecule has 1 unspecified atom stereocenters. The fraction of sp³-hybridized carbons (Fsp3) is 0.409. The van der Waals surface area contributed by atoms with Crippen molar-refractivity contribution in [2.75, 3.05) is 26.9 Å². The van der Waals surface area contributed by atoms with E-state index in [2.05, 4.69) is 4.98 Å². The summed E-state index contributed by atoms with van der Waals surface area (Å²) in [6, 6.07) is 6.57. The Bertz CT molecular complexity index is 982. The fourth-order valence-corrected chi connectivity index (χ4v) is 4.52. The smallest absolute Gasteiger partial charge is 0.290 e. The molecule has 3 rings (SSSR count). The topological polar surface area (TPSA) is 89.0 Å². The highest BCUT2D eigenvalue weighted by Crippen LogP contribution is 2.41. The molecule has 7 nitrogen and oxygen atoms in total. The van der Waals surface area contributed by atoms with E-state index in [-0.39, 0.29) is 11.4 Å². The van der Waals surface area contributed by atoms with E-state index in [0.29, 0.717) is 48.1 Å². The van der Waals surface area contributed by atoms with Gasteiger partial charge in [0.2, 0.25) is 5.78 Å². The predicted octanol–water partition coefficient (Wildman–Crippen LogP) is 3.77. The molecule has 0 aliphatic carbocycles. The molecule has 1 N–H and O–H groups in total. The minimum atomic E-state index is -0.705. The number of rotatable bonds is 9. The summed E-state index contributed by atoms with van der Waals surface area (Å²) >= 11 is 1.26. The van der Waals surface area contributed by atoms with E-state index in [0.717, 1.165) is 5.01 Å². The second kappa shape index (κ2) is 9.40. The van der Waals surface area contributed by atoms with Crippen LogP contribution in [-0.2, 0) is 9.53 Å². The third-order valence-corrected chi connectivity index (χ3v) is 5.96. The summed E-state index contributed by atoms with van der Waals surface area (Å²) in [5.74, 6) is -0.790. The van der Waals surface area contributed by atoms with Gasteiger partial charge in [-0.15, -0.1) is 11.3 Å². The SMILES string of the molecule is CCOc1cccc(C2C(C(=O)c3sc(C)nc3C)=C(O)C(=O)N2CCCOC)c1. The van der Waals surface area contributed by atoms with Crippen LogP contribution < -0.4 is 4.74 Å². The maximum absolute atomic E-state index is 13.4. The second-order valence-corrected chi connectivity index (χ2v) is 8.19. The summed E-state index contributed by atoms with van der Waals surface area (Å²) in [7, 11) is 1.59. The van der Waals surface area contributed by atoms with Crippen molar-refractivity contribution in [3.05, 3.63) is 56.7 Å². The minimum absolute atomic E-state index is 0.0813. The monoisotopic (exact) mass is 430 g/mol. The van der Waals surface area contributed by atoms with E-state index < -0.39 is 17.7 Å². The van der Waals surface area contributed by atoms with Gasteiger partial charge in [-0.05, 0) is 44.9 Å². The zero-order valence-electron chi connectivity index (χ0n) is 17.6. The number of carbonyl (C=O) groups is 2. The van der Waals surface area contributed by atoms with Gasteiger partial charge in [-0.2, -0.15) is 0 Å². The van der Waals surface area contributed by atoms with Gasteiger partial charge in [-0.25, -0.2) is 4.98 Å². The van der Waals surface area contributed by atoms with E-state index in [1.54, 1.807) is 20.1 Å². The fourth-order valence-electron chi connectivity index (χ4n) is 3.65. The second-order valence-electron chi connectivity index (χ2n) is 6.99. The Hall–Kier alpha value is -2.71. The number of ketones is 1. The largest absolute Gasteiger partial charge is 0.503 e. The molecule has 0 radical (unpaired) electrons. The molecule has 0 spiro atoms. The van der Waals surface area contributed by atoms with Gasteiger partial charge in [0.1, 0.15) is 5.75 Å². The molecule has 1 amide bonds. The number of amides is 1. The highest BCUT2D eigenvalue weighted by Gasteiger charge is 2.44. The van der Waals surface area contributed by atoms with Crippen molar-refractivity contribution in [2.24, 2.45) is 0 Å². The molecule has 30 heavy (non-hydrogen) atoms. The number of carbonyl (C=O) groups excluding carboxylic acids is 2. The Labute approximate surface area is 180 Å². The number of aliphatic hydroxyl groups excluding tert-OH is 1. The van der Waals surface area contributed by atoms with E-state index in [4.69, 9.17) is 9.47 Å². The molecule has 8 heteroatoms. The number of thiazole rings is 1. The lowest BCUT2D eigenvalue weighted by Gasteiger charge is -2.27. The Morgan fingerprint density at radius 1 is 1.33 bits per heavy atom. The van der Waals surface area contributed by atoms with Crippen LogP contribution in [0.4, 0.5) is 0 Å². The maximum Gasteiger partial charge on any atom is 0.290 e. The maximum atomic E-state index is 13.4. The average molecular weight is 431 g/mol. The first kappa shape index (κ1) is 22.0. The molecule has 0 fully saturated rings. The lowest BCUT2D eigenvalue weighted by molar-refractivity contribution is -0.129. The standard InChI is InChI=1S/C22H26N2O5S/c1-5-29-16-9-6-8-15(12-16)18-17(19(25)21-13(2)23-14(3)30-21)20(26)22(27)24(18)10-7-11-28-4/h6,8-9,12,18,26H,5,7,10-11H2,1-4H3. The van der Waals surface area contributed by atoms with Crippen molar-refractivity contribution in [2.45, 2.75) is 33.2 Å². The average Bonchev–Trinajstić information content (AvgIpc) is 3.18. The number of benzene rings is 1.